The van der Waals surface area contributed by atoms with Gasteiger partial charge in [0.2, 0.25) is 23.6 Å². The molecule has 4 amide bonds. The van der Waals surface area contributed by atoms with E-state index in [1.54, 1.807) is 19.1 Å². The zero-order valence-electron chi connectivity index (χ0n) is 20.7. The Balaban J connectivity index is 1.67. The van der Waals surface area contributed by atoms with Crippen LogP contribution in [0.1, 0.15) is 44.4 Å². The molecule has 0 spiro atoms. The van der Waals surface area contributed by atoms with Crippen molar-refractivity contribution in [1.82, 2.24) is 31.4 Å². The van der Waals surface area contributed by atoms with Crippen LogP contribution in [0.2, 0.25) is 0 Å². The zero-order valence-corrected chi connectivity index (χ0v) is 20.7. The lowest BCUT2D eigenvalue weighted by Crippen LogP contribution is -2.54. The molecule has 1 aliphatic heterocycles. The van der Waals surface area contributed by atoms with Crippen molar-refractivity contribution < 1.29 is 29.1 Å². The Hall–Kier alpha value is -4.29. The molecule has 1 aromatic carbocycles. The molecule has 198 valence electrons. The standard InChI is InChI=1S/C24H31N7O6/c1-3-14(2)22(28-19(32)8-9-21(34)35)24(37)26-13-20(33)31-17-7-5-4-6-15(17)10-18(31)23(36)25-11-16-12-27-30-29-16/h4-7,12,14,18,22H,3,8-11,13H2,1-2H3,(H,25,36)(H,26,37)(H,28,32)(H,34,35)(H,27,29,30)/t14-,18-,22-/m0/s1. The van der Waals surface area contributed by atoms with Gasteiger partial charge in [-0.1, -0.05) is 38.5 Å². The second kappa shape index (κ2) is 12.6. The number of carboxylic acid groups (broad SMARTS) is 1. The maximum atomic E-state index is 13.3. The first-order valence-electron chi connectivity index (χ1n) is 12.0. The van der Waals surface area contributed by atoms with Crippen LogP contribution in [0.3, 0.4) is 0 Å². The van der Waals surface area contributed by atoms with Crippen molar-refractivity contribution in [1.29, 1.82) is 0 Å². The summed E-state index contributed by atoms with van der Waals surface area (Å²) in [6, 6.07) is 5.41. The van der Waals surface area contributed by atoms with Crippen molar-refractivity contribution >= 4 is 35.3 Å². The molecule has 0 radical (unpaired) electrons. The average Bonchev–Trinajstić information content (AvgIpc) is 3.55. The lowest BCUT2D eigenvalue weighted by molar-refractivity contribution is -0.139. The Bertz CT molecular complexity index is 1140. The molecule has 2 aromatic rings. The van der Waals surface area contributed by atoms with Gasteiger partial charge in [0.05, 0.1) is 25.7 Å². The van der Waals surface area contributed by atoms with E-state index < -0.39 is 42.3 Å². The van der Waals surface area contributed by atoms with Gasteiger partial charge in [-0.15, -0.1) is 0 Å². The molecule has 0 aliphatic carbocycles. The highest BCUT2D eigenvalue weighted by atomic mass is 16.4. The van der Waals surface area contributed by atoms with Crippen LogP contribution in [0, 0.1) is 5.92 Å². The smallest absolute Gasteiger partial charge is 0.303 e. The molecule has 0 fully saturated rings. The van der Waals surface area contributed by atoms with Gasteiger partial charge in [-0.3, -0.25) is 28.9 Å². The van der Waals surface area contributed by atoms with Crippen LogP contribution in [0.15, 0.2) is 30.5 Å². The van der Waals surface area contributed by atoms with Crippen LogP contribution in [-0.4, -0.2) is 68.7 Å². The summed E-state index contributed by atoms with van der Waals surface area (Å²) in [5.41, 5.74) is 1.95. The van der Waals surface area contributed by atoms with Gasteiger partial charge < -0.3 is 21.1 Å². The first-order chi connectivity index (χ1) is 17.7. The van der Waals surface area contributed by atoms with Gasteiger partial charge in [0, 0.05) is 18.5 Å². The molecule has 2 heterocycles. The normalized spacial score (nSPS) is 15.8. The van der Waals surface area contributed by atoms with Crippen LogP contribution >= 0.6 is 0 Å². The molecule has 3 atom stereocenters. The Morgan fingerprint density at radius 3 is 2.59 bits per heavy atom. The van der Waals surface area contributed by atoms with Crippen molar-refractivity contribution in [3.63, 3.8) is 0 Å². The fourth-order valence-electron chi connectivity index (χ4n) is 4.04. The molecule has 1 aliphatic rings. The topological polar surface area (TPSA) is 186 Å². The van der Waals surface area contributed by atoms with Crippen molar-refractivity contribution in [3.8, 4) is 0 Å². The molecule has 0 bridgehead atoms. The minimum absolute atomic E-state index is 0.138. The van der Waals surface area contributed by atoms with E-state index in [4.69, 9.17) is 5.11 Å². The summed E-state index contributed by atoms with van der Waals surface area (Å²) >= 11 is 0. The number of amides is 4. The summed E-state index contributed by atoms with van der Waals surface area (Å²) in [4.78, 5) is 63.4. The predicted octanol–water partition coefficient (Wildman–Crippen LogP) is -0.109. The number of aromatic nitrogens is 3. The van der Waals surface area contributed by atoms with Gasteiger partial charge in [0.1, 0.15) is 17.8 Å². The molecule has 1 aromatic heterocycles. The summed E-state index contributed by atoms with van der Waals surface area (Å²) in [6.45, 7) is 3.37. The number of aromatic amines is 1. The van der Waals surface area contributed by atoms with E-state index in [0.29, 0.717) is 24.2 Å². The third-order valence-electron chi connectivity index (χ3n) is 6.25. The second-order valence-electron chi connectivity index (χ2n) is 8.83. The van der Waals surface area contributed by atoms with E-state index in [0.717, 1.165) is 5.56 Å². The van der Waals surface area contributed by atoms with E-state index in [1.807, 2.05) is 19.1 Å². The highest BCUT2D eigenvalue weighted by Crippen LogP contribution is 2.32. The largest absolute Gasteiger partial charge is 0.481 e. The maximum Gasteiger partial charge on any atom is 0.303 e. The number of H-pyrrole nitrogens is 1. The number of fused-ring (bicyclic) bond motifs is 1. The van der Waals surface area contributed by atoms with E-state index >= 15 is 0 Å². The molecule has 0 saturated carbocycles. The lowest BCUT2D eigenvalue weighted by atomic mass is 9.98. The molecule has 3 rings (SSSR count). The number of carbonyl (C=O) groups is 5. The molecule has 0 unspecified atom stereocenters. The fourth-order valence-corrected chi connectivity index (χ4v) is 4.04. The Morgan fingerprint density at radius 1 is 1.16 bits per heavy atom. The van der Waals surface area contributed by atoms with E-state index in [9.17, 15) is 24.0 Å². The van der Waals surface area contributed by atoms with Gasteiger partial charge in [0.15, 0.2) is 0 Å². The quantitative estimate of drug-likeness (QED) is 0.260. The van der Waals surface area contributed by atoms with Gasteiger partial charge in [-0.25, -0.2) is 0 Å². The number of carboxylic acids is 1. The van der Waals surface area contributed by atoms with Crippen molar-refractivity contribution in [2.75, 3.05) is 11.4 Å². The monoisotopic (exact) mass is 513 g/mol. The average molecular weight is 514 g/mol. The van der Waals surface area contributed by atoms with Crippen LogP contribution < -0.4 is 20.9 Å². The molecular weight excluding hydrogens is 482 g/mol. The first-order valence-corrected chi connectivity index (χ1v) is 12.0. The third kappa shape index (κ3) is 7.12. The first kappa shape index (κ1) is 27.3. The van der Waals surface area contributed by atoms with E-state index in [1.165, 1.54) is 11.1 Å². The number of benzene rings is 1. The highest BCUT2D eigenvalue weighted by Gasteiger charge is 2.38. The van der Waals surface area contributed by atoms with Crippen molar-refractivity contribution in [2.45, 2.75) is 58.2 Å². The Morgan fingerprint density at radius 2 is 1.92 bits per heavy atom. The molecule has 5 N–H and O–H groups in total. The Labute approximate surface area is 213 Å². The Kier molecular flexibility index (Phi) is 9.30. The zero-order chi connectivity index (χ0) is 26.9. The fraction of sp³-hybridized carbons (Fsp3) is 0.458. The number of rotatable bonds is 12. The van der Waals surface area contributed by atoms with Gasteiger partial charge in [0.25, 0.3) is 0 Å². The van der Waals surface area contributed by atoms with Crippen molar-refractivity contribution in [3.05, 3.63) is 41.7 Å². The van der Waals surface area contributed by atoms with Gasteiger partial charge in [-0.05, 0) is 17.5 Å². The van der Waals surface area contributed by atoms with Crippen molar-refractivity contribution in [2.24, 2.45) is 5.92 Å². The van der Waals surface area contributed by atoms with Gasteiger partial charge in [-0.2, -0.15) is 15.4 Å². The second-order valence-corrected chi connectivity index (χ2v) is 8.83. The minimum Gasteiger partial charge on any atom is -0.481 e. The van der Waals surface area contributed by atoms with E-state index in [-0.39, 0.29) is 31.2 Å². The van der Waals surface area contributed by atoms with Crippen LogP contribution in [0.25, 0.3) is 0 Å². The van der Waals surface area contributed by atoms with Crippen LogP contribution in [0.5, 0.6) is 0 Å². The molecule has 13 heteroatoms. The van der Waals surface area contributed by atoms with Gasteiger partial charge >= 0.3 is 5.97 Å². The molecule has 13 nitrogen and oxygen atoms in total. The number of aliphatic carboxylic acids is 1. The summed E-state index contributed by atoms with van der Waals surface area (Å²) in [7, 11) is 0. The number of nitrogens with one attached hydrogen (secondary N) is 4. The number of nitrogens with zero attached hydrogens (tertiary/aromatic N) is 3. The minimum atomic E-state index is -1.11. The lowest BCUT2D eigenvalue weighted by Gasteiger charge is -2.26. The number of hydrogen-bond donors (Lipinski definition) is 5. The number of carbonyl (C=O) groups excluding carboxylic acids is 4. The number of anilines is 1. The predicted molar refractivity (Wildman–Crippen MR) is 131 cm³/mol. The van der Waals surface area contributed by atoms with E-state index in [2.05, 4.69) is 31.4 Å². The van der Waals surface area contributed by atoms with Crippen LogP contribution in [0.4, 0.5) is 5.69 Å². The number of para-hydroxylation sites is 1. The SMILES string of the molecule is CC[C@H](C)[C@H](NC(=O)CCC(=O)O)C(=O)NCC(=O)N1c2ccccc2C[C@H]1C(=O)NCc1cn[nH]n1. The maximum absolute atomic E-state index is 13.3. The summed E-state index contributed by atoms with van der Waals surface area (Å²) in [5, 5.41) is 26.8. The van der Waals surface area contributed by atoms with Crippen LogP contribution in [-0.2, 0) is 36.9 Å². The summed E-state index contributed by atoms with van der Waals surface area (Å²) in [5.74, 6) is -3.36. The molecule has 37 heavy (non-hydrogen) atoms. The number of hydrogen-bond acceptors (Lipinski definition) is 7. The highest BCUT2D eigenvalue weighted by molar-refractivity contribution is 6.05. The molecular formula is C24H31N7O6. The third-order valence-corrected chi connectivity index (χ3v) is 6.25. The summed E-state index contributed by atoms with van der Waals surface area (Å²) < 4.78 is 0. The molecule has 0 saturated heterocycles. The summed E-state index contributed by atoms with van der Waals surface area (Å²) in [6.07, 6.45) is 1.75.